The Labute approximate surface area is 103 Å². The fourth-order valence-electron chi connectivity index (χ4n) is 1.10. The van der Waals surface area contributed by atoms with E-state index in [-0.39, 0.29) is 18.1 Å². The average Bonchev–Trinajstić information content (AvgIpc) is 2.77. The first kappa shape index (κ1) is 13.4. The van der Waals surface area contributed by atoms with E-state index in [0.717, 1.165) is 0 Å². The first-order chi connectivity index (χ1) is 8.19. The van der Waals surface area contributed by atoms with Gasteiger partial charge < -0.3 is 14.8 Å². The van der Waals surface area contributed by atoms with Crippen LogP contribution in [0.3, 0.4) is 0 Å². The van der Waals surface area contributed by atoms with Crippen LogP contribution in [0.25, 0.3) is 0 Å². The van der Waals surface area contributed by atoms with E-state index < -0.39 is 5.97 Å². The lowest BCUT2D eigenvalue weighted by Gasteiger charge is -2.04. The quantitative estimate of drug-likeness (QED) is 0.775. The molecule has 94 valence electrons. The number of methoxy groups -OCH3 is 1. The Morgan fingerprint density at radius 3 is 2.94 bits per heavy atom. The molecule has 0 unspecified atom stereocenters. The van der Waals surface area contributed by atoms with E-state index in [9.17, 15) is 9.59 Å². The number of aromatic nitrogens is 1. The molecule has 0 atom stereocenters. The summed E-state index contributed by atoms with van der Waals surface area (Å²) in [5.74, 6) is -0.769. The fourth-order valence-corrected chi connectivity index (χ4v) is 1.79. The Balaban J connectivity index is 2.51. The van der Waals surface area contributed by atoms with Gasteiger partial charge in [-0.05, 0) is 6.92 Å². The smallest absolute Gasteiger partial charge is 0.360 e. The van der Waals surface area contributed by atoms with Gasteiger partial charge in [0, 0.05) is 6.54 Å². The van der Waals surface area contributed by atoms with Gasteiger partial charge in [0.05, 0.1) is 25.6 Å². The first-order valence-corrected chi connectivity index (χ1v) is 5.98. The number of thiazole rings is 1. The second kappa shape index (κ2) is 6.85. The van der Waals surface area contributed by atoms with E-state index >= 15 is 0 Å². The van der Waals surface area contributed by atoms with E-state index in [2.05, 4.69) is 15.0 Å². The lowest BCUT2D eigenvalue weighted by molar-refractivity contribution is -0.140. The molecule has 0 bridgehead atoms. The summed E-state index contributed by atoms with van der Waals surface area (Å²) >= 11 is 1.29. The summed E-state index contributed by atoms with van der Waals surface area (Å²) in [6.45, 7) is 2.42. The predicted molar refractivity (Wildman–Crippen MR) is 63.2 cm³/mol. The Kier molecular flexibility index (Phi) is 5.41. The van der Waals surface area contributed by atoms with Crippen molar-refractivity contribution in [1.29, 1.82) is 0 Å². The zero-order valence-electron chi connectivity index (χ0n) is 9.69. The summed E-state index contributed by atoms with van der Waals surface area (Å²) in [5.41, 5.74) is 1.80. The minimum atomic E-state index is -0.464. The van der Waals surface area contributed by atoms with Crippen LogP contribution in [0.5, 0.6) is 0 Å². The topological polar surface area (TPSA) is 77.5 Å². The van der Waals surface area contributed by atoms with E-state index in [1.165, 1.54) is 18.4 Å². The number of nitrogens with one attached hydrogen (secondary N) is 1. The van der Waals surface area contributed by atoms with Gasteiger partial charge in [-0.3, -0.25) is 4.79 Å². The molecule has 0 fully saturated rings. The van der Waals surface area contributed by atoms with Crippen LogP contribution < -0.4 is 5.32 Å². The lowest BCUT2D eigenvalue weighted by Crippen LogP contribution is -2.12. The van der Waals surface area contributed by atoms with Gasteiger partial charge >= 0.3 is 11.9 Å². The van der Waals surface area contributed by atoms with E-state index in [1.54, 1.807) is 12.4 Å². The molecule has 0 amide bonds. The van der Waals surface area contributed by atoms with Gasteiger partial charge in [0.1, 0.15) is 5.00 Å². The van der Waals surface area contributed by atoms with Crippen molar-refractivity contribution in [3.05, 3.63) is 11.2 Å². The van der Waals surface area contributed by atoms with Crippen molar-refractivity contribution in [1.82, 2.24) is 4.98 Å². The summed E-state index contributed by atoms with van der Waals surface area (Å²) in [5, 5.41) is 3.56. The molecule has 6 nitrogen and oxygen atoms in total. The number of hydrogen-bond acceptors (Lipinski definition) is 7. The molecule has 1 heterocycles. The number of hydrogen-bond donors (Lipinski definition) is 1. The van der Waals surface area contributed by atoms with Gasteiger partial charge in [-0.2, -0.15) is 0 Å². The number of rotatable bonds is 6. The second-order valence-corrected chi connectivity index (χ2v) is 3.86. The Morgan fingerprint density at radius 1 is 1.53 bits per heavy atom. The largest absolute Gasteiger partial charge is 0.469 e. The summed E-state index contributed by atoms with van der Waals surface area (Å²) in [7, 11) is 1.33. The van der Waals surface area contributed by atoms with Gasteiger partial charge in [-0.15, -0.1) is 11.3 Å². The maximum atomic E-state index is 11.5. The average molecular weight is 258 g/mol. The number of ether oxygens (including phenoxy) is 2. The highest BCUT2D eigenvalue weighted by molar-refractivity contribution is 7.14. The standard InChI is InChI=1S/C10H14N2O4S/c1-3-16-10(14)8-9(17-6-12-8)11-5-4-7(13)15-2/h6,11H,3-5H2,1-2H3. The van der Waals surface area contributed by atoms with Crippen molar-refractivity contribution >= 4 is 28.3 Å². The molecule has 17 heavy (non-hydrogen) atoms. The minimum absolute atomic E-state index is 0.233. The molecule has 1 aromatic heterocycles. The Morgan fingerprint density at radius 2 is 2.29 bits per heavy atom. The second-order valence-electron chi connectivity index (χ2n) is 3.00. The van der Waals surface area contributed by atoms with Crippen LogP contribution in [0.15, 0.2) is 5.51 Å². The number of nitrogens with zero attached hydrogens (tertiary/aromatic N) is 1. The van der Waals surface area contributed by atoms with Crippen LogP contribution in [-0.4, -0.2) is 37.2 Å². The minimum Gasteiger partial charge on any atom is -0.469 e. The molecule has 7 heteroatoms. The Bertz CT molecular complexity index is 391. The van der Waals surface area contributed by atoms with Gasteiger partial charge in [0.25, 0.3) is 0 Å². The van der Waals surface area contributed by atoms with E-state index in [0.29, 0.717) is 18.2 Å². The number of carbonyl (C=O) groups excluding carboxylic acids is 2. The number of carbonyl (C=O) groups is 2. The molecule has 0 saturated heterocycles. The highest BCUT2D eigenvalue weighted by atomic mass is 32.1. The zero-order valence-corrected chi connectivity index (χ0v) is 10.5. The number of esters is 2. The third-order valence-electron chi connectivity index (χ3n) is 1.88. The maximum Gasteiger partial charge on any atom is 0.360 e. The monoisotopic (exact) mass is 258 g/mol. The third kappa shape index (κ3) is 4.03. The van der Waals surface area contributed by atoms with Crippen LogP contribution in [0.1, 0.15) is 23.8 Å². The molecule has 1 N–H and O–H groups in total. The highest BCUT2D eigenvalue weighted by Gasteiger charge is 2.15. The molecule has 0 spiro atoms. The number of anilines is 1. The van der Waals surface area contributed by atoms with Gasteiger partial charge in [-0.25, -0.2) is 9.78 Å². The van der Waals surface area contributed by atoms with Crippen molar-refractivity contribution in [2.45, 2.75) is 13.3 Å². The molecule has 1 aromatic rings. The van der Waals surface area contributed by atoms with Crippen LogP contribution in [0.4, 0.5) is 5.00 Å². The van der Waals surface area contributed by atoms with E-state index in [4.69, 9.17) is 4.74 Å². The van der Waals surface area contributed by atoms with Crippen molar-refractivity contribution in [2.75, 3.05) is 25.6 Å². The predicted octanol–water partition coefficient (Wildman–Crippen LogP) is 1.29. The van der Waals surface area contributed by atoms with Gasteiger partial charge in [0.15, 0.2) is 5.69 Å². The van der Waals surface area contributed by atoms with Crippen molar-refractivity contribution < 1.29 is 19.1 Å². The SMILES string of the molecule is CCOC(=O)c1ncsc1NCCC(=O)OC. The summed E-state index contributed by atoms with van der Waals surface area (Å²) in [6, 6.07) is 0. The summed E-state index contributed by atoms with van der Waals surface area (Å²) in [6.07, 6.45) is 0.233. The molecule has 0 aliphatic carbocycles. The Hall–Kier alpha value is -1.63. The molecule has 0 aliphatic rings. The van der Waals surface area contributed by atoms with Crippen LogP contribution in [0, 0.1) is 0 Å². The molecule has 0 saturated carbocycles. The molecular weight excluding hydrogens is 244 g/mol. The third-order valence-corrected chi connectivity index (χ3v) is 2.66. The normalized spacial score (nSPS) is 9.76. The molecule has 0 radical (unpaired) electrons. The molecule has 1 rings (SSSR count). The lowest BCUT2D eigenvalue weighted by atomic mass is 10.4. The van der Waals surface area contributed by atoms with E-state index in [1.807, 2.05) is 0 Å². The highest BCUT2D eigenvalue weighted by Crippen LogP contribution is 2.20. The molecular formula is C10H14N2O4S. The molecule has 0 aliphatic heterocycles. The summed E-state index contributed by atoms with van der Waals surface area (Å²) < 4.78 is 9.35. The van der Waals surface area contributed by atoms with Crippen molar-refractivity contribution in [3.8, 4) is 0 Å². The van der Waals surface area contributed by atoms with Crippen molar-refractivity contribution in [2.24, 2.45) is 0 Å². The van der Waals surface area contributed by atoms with Gasteiger partial charge in [-0.1, -0.05) is 0 Å². The zero-order chi connectivity index (χ0) is 12.7. The molecule has 0 aromatic carbocycles. The summed E-state index contributed by atoms with van der Waals surface area (Å²) in [4.78, 5) is 26.3. The fraction of sp³-hybridized carbons (Fsp3) is 0.500. The van der Waals surface area contributed by atoms with Crippen molar-refractivity contribution in [3.63, 3.8) is 0 Å². The maximum absolute atomic E-state index is 11.5. The van der Waals surface area contributed by atoms with Crippen LogP contribution in [0.2, 0.25) is 0 Å². The van der Waals surface area contributed by atoms with Crippen LogP contribution in [-0.2, 0) is 14.3 Å². The first-order valence-electron chi connectivity index (χ1n) is 5.10. The van der Waals surface area contributed by atoms with Crippen LogP contribution >= 0.6 is 11.3 Å². The van der Waals surface area contributed by atoms with Gasteiger partial charge in [0.2, 0.25) is 0 Å².